The molecule has 0 amide bonds. The molecule has 0 bridgehead atoms. The predicted octanol–water partition coefficient (Wildman–Crippen LogP) is 9.62. The van der Waals surface area contributed by atoms with Gasteiger partial charge in [-0.25, -0.2) is 0 Å². The molecule has 2 aromatic rings. The SMILES string of the molecule is CC(C)c1cc(C(C)C)c(-n2cccc2P(C2CCCCC2)C2CCCCC2)c(C(C)C)c1. The Morgan fingerprint density at radius 3 is 1.61 bits per heavy atom. The van der Waals surface area contributed by atoms with Gasteiger partial charge in [-0.05, 0) is 83.6 Å². The fourth-order valence-corrected chi connectivity index (χ4v) is 10.2. The van der Waals surface area contributed by atoms with E-state index >= 15 is 0 Å². The van der Waals surface area contributed by atoms with Crippen LogP contribution in [0.1, 0.15) is 140 Å². The lowest BCUT2D eigenvalue weighted by Gasteiger charge is -2.39. The Bertz CT molecular complexity index is 846. The Labute approximate surface area is 205 Å². The van der Waals surface area contributed by atoms with Crippen LogP contribution in [0.25, 0.3) is 5.69 Å². The van der Waals surface area contributed by atoms with E-state index in [-0.39, 0.29) is 7.92 Å². The number of aromatic nitrogens is 1. The van der Waals surface area contributed by atoms with Crippen molar-refractivity contribution in [2.75, 3.05) is 0 Å². The number of hydrogen-bond donors (Lipinski definition) is 0. The molecule has 0 atom stereocenters. The van der Waals surface area contributed by atoms with E-state index in [1.807, 2.05) is 0 Å². The lowest BCUT2D eigenvalue weighted by atomic mass is 9.87. The van der Waals surface area contributed by atoms with Crippen LogP contribution in [-0.4, -0.2) is 15.9 Å². The fourth-order valence-electron chi connectivity index (χ4n) is 6.36. The monoisotopic (exact) mass is 465 g/mol. The smallest absolute Gasteiger partial charge is 0.0525 e. The zero-order chi connectivity index (χ0) is 23.5. The molecule has 0 radical (unpaired) electrons. The lowest BCUT2D eigenvalue weighted by Crippen LogP contribution is -2.30. The van der Waals surface area contributed by atoms with Gasteiger partial charge in [0.15, 0.2) is 0 Å². The molecular weight excluding hydrogens is 417 g/mol. The molecule has 1 heterocycles. The van der Waals surface area contributed by atoms with Crippen LogP contribution in [0.5, 0.6) is 0 Å². The van der Waals surface area contributed by atoms with Crippen LogP contribution < -0.4 is 5.44 Å². The molecule has 2 fully saturated rings. The zero-order valence-corrected chi connectivity index (χ0v) is 23.1. The van der Waals surface area contributed by atoms with Crippen molar-refractivity contribution in [3.05, 3.63) is 47.2 Å². The first-order valence-corrected chi connectivity index (χ1v) is 15.5. The number of rotatable bonds is 7. The minimum Gasteiger partial charge on any atom is -0.316 e. The first kappa shape index (κ1) is 25.0. The second-order valence-electron chi connectivity index (χ2n) is 11.7. The van der Waals surface area contributed by atoms with E-state index in [1.165, 1.54) is 75.5 Å². The highest BCUT2D eigenvalue weighted by Gasteiger charge is 2.34. The first-order chi connectivity index (χ1) is 15.9. The van der Waals surface area contributed by atoms with Gasteiger partial charge in [-0.3, -0.25) is 0 Å². The topological polar surface area (TPSA) is 4.93 Å². The van der Waals surface area contributed by atoms with Gasteiger partial charge in [0.2, 0.25) is 0 Å². The maximum atomic E-state index is 2.70. The Balaban J connectivity index is 1.87. The second kappa shape index (κ2) is 11.1. The summed E-state index contributed by atoms with van der Waals surface area (Å²) >= 11 is 0. The molecule has 1 nitrogen and oxygen atoms in total. The van der Waals surface area contributed by atoms with E-state index in [0.717, 1.165) is 11.3 Å². The molecule has 2 aliphatic carbocycles. The molecule has 0 unspecified atom stereocenters. The summed E-state index contributed by atoms with van der Waals surface area (Å²) in [6, 6.07) is 9.95. The summed E-state index contributed by atoms with van der Waals surface area (Å²) in [6.45, 7) is 14.2. The molecule has 1 aromatic carbocycles. The van der Waals surface area contributed by atoms with E-state index in [2.05, 4.69) is 76.6 Å². The van der Waals surface area contributed by atoms with Crippen molar-refractivity contribution in [3.8, 4) is 5.69 Å². The zero-order valence-electron chi connectivity index (χ0n) is 22.2. The molecule has 0 saturated heterocycles. The summed E-state index contributed by atoms with van der Waals surface area (Å²) in [5, 5.41) is 0. The quantitative estimate of drug-likeness (QED) is 0.359. The minimum absolute atomic E-state index is 0.120. The van der Waals surface area contributed by atoms with Crippen LogP contribution >= 0.6 is 7.92 Å². The average Bonchev–Trinajstić information content (AvgIpc) is 3.28. The van der Waals surface area contributed by atoms with Gasteiger partial charge in [-0.1, -0.05) is 100 Å². The Morgan fingerprint density at radius 2 is 1.18 bits per heavy atom. The second-order valence-corrected chi connectivity index (χ2v) is 14.5. The molecule has 4 rings (SSSR count). The van der Waals surface area contributed by atoms with Crippen LogP contribution in [0.4, 0.5) is 0 Å². The predicted molar refractivity (Wildman–Crippen MR) is 148 cm³/mol. The standard InChI is InChI=1S/C31H48NP/c1-22(2)25-20-28(23(3)4)31(29(21-25)24(5)6)32-19-13-18-30(32)33(26-14-9-7-10-15-26)27-16-11-8-12-17-27/h13,18-24,26-27H,7-12,14-17H2,1-6H3. The van der Waals surface area contributed by atoms with E-state index in [1.54, 1.807) is 16.6 Å². The Hall–Kier alpha value is -1.07. The largest absolute Gasteiger partial charge is 0.316 e. The van der Waals surface area contributed by atoms with Gasteiger partial charge in [0, 0.05) is 11.6 Å². The molecule has 182 valence electrons. The summed E-state index contributed by atoms with van der Waals surface area (Å²) < 4.78 is 2.70. The highest BCUT2D eigenvalue weighted by atomic mass is 31.1. The number of hydrogen-bond acceptors (Lipinski definition) is 0. The number of benzene rings is 1. The third-order valence-electron chi connectivity index (χ3n) is 8.27. The van der Waals surface area contributed by atoms with Crippen LogP contribution in [0, 0.1) is 0 Å². The van der Waals surface area contributed by atoms with Gasteiger partial charge < -0.3 is 4.57 Å². The van der Waals surface area contributed by atoms with Gasteiger partial charge in [-0.2, -0.15) is 0 Å². The summed E-state index contributed by atoms with van der Waals surface area (Å²) in [5.41, 5.74) is 9.67. The summed E-state index contributed by atoms with van der Waals surface area (Å²) in [7, 11) is -0.120. The Morgan fingerprint density at radius 1 is 0.697 bits per heavy atom. The van der Waals surface area contributed by atoms with Crippen LogP contribution in [0.2, 0.25) is 0 Å². The van der Waals surface area contributed by atoms with Gasteiger partial charge in [0.05, 0.1) is 5.69 Å². The maximum Gasteiger partial charge on any atom is 0.0525 e. The molecule has 0 N–H and O–H groups in total. The van der Waals surface area contributed by atoms with E-state index < -0.39 is 0 Å². The minimum atomic E-state index is -0.120. The van der Waals surface area contributed by atoms with Crippen molar-refractivity contribution >= 4 is 13.4 Å². The van der Waals surface area contributed by atoms with E-state index in [9.17, 15) is 0 Å². The molecule has 2 aliphatic rings. The third-order valence-corrected chi connectivity index (χ3v) is 11.8. The summed E-state index contributed by atoms with van der Waals surface area (Å²) in [6.07, 6.45) is 17.0. The lowest BCUT2D eigenvalue weighted by molar-refractivity contribution is 0.486. The third kappa shape index (κ3) is 5.45. The normalized spacial score (nSPS) is 18.8. The molecule has 0 aliphatic heterocycles. The van der Waals surface area contributed by atoms with Crippen LogP contribution in [-0.2, 0) is 0 Å². The van der Waals surface area contributed by atoms with Gasteiger partial charge in [0.25, 0.3) is 0 Å². The Kier molecular flexibility index (Phi) is 8.43. The molecule has 2 saturated carbocycles. The molecule has 33 heavy (non-hydrogen) atoms. The van der Waals surface area contributed by atoms with Gasteiger partial charge in [-0.15, -0.1) is 0 Å². The maximum absolute atomic E-state index is 2.70. The number of nitrogens with zero attached hydrogens (tertiary/aromatic N) is 1. The van der Waals surface area contributed by atoms with Gasteiger partial charge >= 0.3 is 0 Å². The summed E-state index contributed by atoms with van der Waals surface area (Å²) in [4.78, 5) is 0. The first-order valence-electron chi connectivity index (χ1n) is 14.0. The van der Waals surface area contributed by atoms with E-state index in [4.69, 9.17) is 0 Å². The highest BCUT2D eigenvalue weighted by molar-refractivity contribution is 7.66. The highest BCUT2D eigenvalue weighted by Crippen LogP contribution is 2.55. The van der Waals surface area contributed by atoms with Crippen molar-refractivity contribution in [2.24, 2.45) is 0 Å². The molecule has 1 aromatic heterocycles. The fraction of sp³-hybridized carbons (Fsp3) is 0.677. The van der Waals surface area contributed by atoms with Crippen LogP contribution in [0.3, 0.4) is 0 Å². The van der Waals surface area contributed by atoms with Crippen molar-refractivity contribution in [1.82, 2.24) is 4.57 Å². The van der Waals surface area contributed by atoms with E-state index in [0.29, 0.717) is 17.8 Å². The van der Waals surface area contributed by atoms with Gasteiger partial charge in [0.1, 0.15) is 0 Å². The van der Waals surface area contributed by atoms with Crippen molar-refractivity contribution in [1.29, 1.82) is 0 Å². The average molecular weight is 466 g/mol. The molecular formula is C31H48NP. The van der Waals surface area contributed by atoms with Crippen LogP contribution in [0.15, 0.2) is 30.5 Å². The van der Waals surface area contributed by atoms with Crippen molar-refractivity contribution in [2.45, 2.75) is 135 Å². The van der Waals surface area contributed by atoms with Crippen molar-refractivity contribution < 1.29 is 0 Å². The summed E-state index contributed by atoms with van der Waals surface area (Å²) in [5.74, 6) is 1.63. The molecule has 0 spiro atoms. The molecule has 2 heteroatoms. The van der Waals surface area contributed by atoms with Crippen molar-refractivity contribution in [3.63, 3.8) is 0 Å².